The number of rotatable bonds is 7. The van der Waals surface area contributed by atoms with E-state index in [-0.39, 0.29) is 52.7 Å². The number of hydrogen-bond donors (Lipinski definition) is 3. The molecule has 2 aliphatic rings. The van der Waals surface area contributed by atoms with Crippen LogP contribution in [0, 0.1) is 29.4 Å². The number of aromatic amines is 1. The average molecular weight is 739 g/mol. The molecule has 0 saturated heterocycles. The number of alkyl halides is 5. The van der Waals surface area contributed by atoms with Crippen molar-refractivity contribution in [1.29, 1.82) is 0 Å². The van der Waals surface area contributed by atoms with Gasteiger partial charge >= 0.3 is 6.18 Å². The summed E-state index contributed by atoms with van der Waals surface area (Å²) in [5.74, 6) is -3.66. The van der Waals surface area contributed by atoms with Crippen LogP contribution in [0.5, 0.6) is 0 Å². The van der Waals surface area contributed by atoms with Gasteiger partial charge in [-0.3, -0.25) is 14.3 Å². The van der Waals surface area contributed by atoms with E-state index < -0.39 is 82.2 Å². The first-order valence-electron chi connectivity index (χ1n) is 16.4. The Labute approximate surface area is 296 Å². The zero-order chi connectivity index (χ0) is 38.0. The van der Waals surface area contributed by atoms with Crippen LogP contribution in [0.3, 0.4) is 0 Å². The fraction of sp³-hybridized carbons (Fsp3) is 0.324. The number of aliphatic hydroxyl groups is 1. The second-order valence-corrected chi connectivity index (χ2v) is 13.7. The van der Waals surface area contributed by atoms with E-state index in [2.05, 4.69) is 37.2 Å². The van der Waals surface area contributed by atoms with Crippen molar-refractivity contribution in [1.82, 2.24) is 30.0 Å². The van der Waals surface area contributed by atoms with Crippen molar-refractivity contribution in [3.8, 4) is 23.0 Å². The summed E-state index contributed by atoms with van der Waals surface area (Å²) in [7, 11) is 0. The van der Waals surface area contributed by atoms with Gasteiger partial charge in [-0.1, -0.05) is 18.1 Å². The number of amides is 1. The summed E-state index contributed by atoms with van der Waals surface area (Å²) in [4.78, 5) is 37.9. The largest absolute Gasteiger partial charge is 0.435 e. The molecule has 2 aliphatic carbocycles. The molecule has 1 saturated carbocycles. The maximum absolute atomic E-state index is 15.5. The van der Waals surface area contributed by atoms with Crippen LogP contribution in [0.4, 0.5) is 30.7 Å². The van der Waals surface area contributed by atoms with Gasteiger partial charge < -0.3 is 15.4 Å². The molecule has 16 heteroatoms. The van der Waals surface area contributed by atoms with Gasteiger partial charge in [-0.25, -0.2) is 18.7 Å². The maximum Gasteiger partial charge on any atom is 0.435 e. The summed E-state index contributed by atoms with van der Waals surface area (Å²) in [6.45, 7) is 1.81. The topological polar surface area (TPSA) is 126 Å². The molecule has 1 fully saturated rings. The SMILES string of the molecule is CC(C)(O)C#Cc1ccc(-c2cccc3c(=O)[nH]cnc23)c(C(Cc2cc(F)cc(F)c2)NC(=O)Cn2nc(C(F)(F)F)c3c2C(F)(F)C2CCC32)n1. The predicted molar refractivity (Wildman–Crippen MR) is 176 cm³/mol. The maximum atomic E-state index is 15.5. The van der Waals surface area contributed by atoms with Gasteiger partial charge in [-0.05, 0) is 80.8 Å². The van der Waals surface area contributed by atoms with Crippen LogP contribution < -0.4 is 10.9 Å². The molecule has 1 amide bonds. The standard InChI is InChI=1S/C37H29F7N6O3/c1-35(2,53)11-10-21-6-7-23(22-4-3-5-25-30(22)45-17-46-34(25)52)31(47-21)27(14-18-12-19(38)15-20(39)13-18)48-28(51)16-50-33-29(32(49-50)37(42,43)44)24-8-9-26(24)36(33,40)41/h3-7,12-13,15,17,24,26-27,53H,8-9,14,16H2,1-2H3,(H,48,51)(H,45,46,52). The summed E-state index contributed by atoms with van der Waals surface area (Å²) in [5, 5.41) is 16.5. The minimum absolute atomic E-state index is 0.0120. The molecule has 53 heavy (non-hydrogen) atoms. The zero-order valence-electron chi connectivity index (χ0n) is 28.0. The number of halogens is 7. The average Bonchev–Trinajstić information content (AvgIpc) is 3.48. The van der Waals surface area contributed by atoms with E-state index in [0.29, 0.717) is 16.3 Å². The highest BCUT2D eigenvalue weighted by molar-refractivity contribution is 5.93. The van der Waals surface area contributed by atoms with Gasteiger partial charge in [0.15, 0.2) is 5.69 Å². The molecule has 3 N–H and O–H groups in total. The molecule has 5 aromatic rings. The summed E-state index contributed by atoms with van der Waals surface area (Å²) in [6.07, 6.45) is -4.10. The number of nitrogens with one attached hydrogen (secondary N) is 2. The lowest BCUT2D eigenvalue weighted by atomic mass is 9.73. The summed E-state index contributed by atoms with van der Waals surface area (Å²) < 4.78 is 103. The minimum Gasteiger partial charge on any atom is -0.378 e. The number of H-pyrrole nitrogens is 1. The van der Waals surface area contributed by atoms with E-state index in [1.807, 2.05) is 0 Å². The van der Waals surface area contributed by atoms with Crippen LogP contribution in [0.2, 0.25) is 0 Å². The molecular formula is C37H29F7N6O3. The first-order chi connectivity index (χ1) is 24.9. The summed E-state index contributed by atoms with van der Waals surface area (Å²) in [5.41, 5.74) is -4.00. The number of carbonyl (C=O) groups is 1. The molecule has 0 aliphatic heterocycles. The molecule has 274 valence electrons. The van der Waals surface area contributed by atoms with E-state index >= 15 is 8.78 Å². The molecule has 0 bridgehead atoms. The van der Waals surface area contributed by atoms with Gasteiger partial charge in [0.05, 0.1) is 29.0 Å². The molecule has 3 heterocycles. The lowest BCUT2D eigenvalue weighted by molar-refractivity contribution is -0.144. The van der Waals surface area contributed by atoms with Gasteiger partial charge in [0.1, 0.15) is 35.2 Å². The second-order valence-electron chi connectivity index (χ2n) is 13.7. The van der Waals surface area contributed by atoms with Crippen molar-refractivity contribution in [3.63, 3.8) is 0 Å². The van der Waals surface area contributed by atoms with Gasteiger partial charge in [0, 0.05) is 28.7 Å². The quantitative estimate of drug-likeness (QED) is 0.133. The number of fused-ring (bicyclic) bond motifs is 4. The van der Waals surface area contributed by atoms with Crippen LogP contribution in [0.15, 0.2) is 59.7 Å². The third-order valence-corrected chi connectivity index (χ3v) is 9.39. The number of nitrogens with zero attached hydrogens (tertiary/aromatic N) is 4. The van der Waals surface area contributed by atoms with Crippen LogP contribution in [0.25, 0.3) is 22.0 Å². The third kappa shape index (κ3) is 6.76. The van der Waals surface area contributed by atoms with Gasteiger partial charge in [-0.2, -0.15) is 27.1 Å². The second kappa shape index (κ2) is 12.8. The number of benzene rings is 2. The lowest BCUT2D eigenvalue weighted by Gasteiger charge is -2.34. The first kappa shape index (κ1) is 35.8. The molecule has 9 nitrogen and oxygen atoms in total. The Kier molecular flexibility index (Phi) is 8.67. The number of pyridine rings is 1. The Bertz CT molecular complexity index is 2380. The smallest absolute Gasteiger partial charge is 0.378 e. The molecular weight excluding hydrogens is 709 g/mol. The Morgan fingerprint density at radius 3 is 2.49 bits per heavy atom. The summed E-state index contributed by atoms with van der Waals surface area (Å²) in [6, 6.07) is 9.06. The fourth-order valence-corrected chi connectivity index (χ4v) is 7.09. The summed E-state index contributed by atoms with van der Waals surface area (Å²) >= 11 is 0. The Morgan fingerprint density at radius 2 is 1.83 bits per heavy atom. The Morgan fingerprint density at radius 1 is 1.09 bits per heavy atom. The van der Waals surface area contributed by atoms with Crippen LogP contribution in [-0.4, -0.2) is 41.3 Å². The van der Waals surface area contributed by atoms with Crippen molar-refractivity contribution < 1.29 is 40.6 Å². The van der Waals surface area contributed by atoms with Crippen molar-refractivity contribution >= 4 is 16.8 Å². The normalized spacial score (nSPS) is 18.1. The van der Waals surface area contributed by atoms with Gasteiger partial charge in [-0.15, -0.1) is 0 Å². The van der Waals surface area contributed by atoms with E-state index in [1.54, 1.807) is 18.2 Å². The van der Waals surface area contributed by atoms with E-state index in [0.717, 1.165) is 12.1 Å². The lowest BCUT2D eigenvalue weighted by Crippen LogP contribution is -2.36. The Hall–Kier alpha value is -5.56. The monoisotopic (exact) mass is 738 g/mol. The predicted octanol–water partition coefficient (Wildman–Crippen LogP) is 6.30. The van der Waals surface area contributed by atoms with Gasteiger partial charge in [0.2, 0.25) is 5.91 Å². The van der Waals surface area contributed by atoms with E-state index in [4.69, 9.17) is 0 Å². The van der Waals surface area contributed by atoms with Crippen LogP contribution >= 0.6 is 0 Å². The van der Waals surface area contributed by atoms with Crippen molar-refractivity contribution in [3.05, 3.63) is 111 Å². The first-order valence-corrected chi connectivity index (χ1v) is 16.4. The molecule has 0 spiro atoms. The van der Waals surface area contributed by atoms with Crippen LogP contribution in [0.1, 0.15) is 72.6 Å². The third-order valence-electron chi connectivity index (χ3n) is 9.39. The molecule has 3 aromatic heterocycles. The van der Waals surface area contributed by atoms with Gasteiger partial charge in [0.25, 0.3) is 11.5 Å². The van der Waals surface area contributed by atoms with Crippen molar-refractivity contribution in [2.45, 2.75) is 69.3 Å². The Balaban J connectivity index is 1.36. The molecule has 7 rings (SSSR count). The van der Waals surface area contributed by atoms with Crippen LogP contribution in [-0.2, 0) is 29.9 Å². The van der Waals surface area contributed by atoms with E-state index in [9.17, 15) is 36.6 Å². The number of hydrogen-bond acceptors (Lipinski definition) is 6. The highest BCUT2D eigenvalue weighted by Gasteiger charge is 2.63. The van der Waals surface area contributed by atoms with Crippen molar-refractivity contribution in [2.24, 2.45) is 5.92 Å². The number of aromatic nitrogens is 5. The number of carbonyl (C=O) groups excluding carboxylic acids is 1. The number of para-hydroxylation sites is 1. The molecule has 2 aromatic carbocycles. The fourth-order valence-electron chi connectivity index (χ4n) is 7.09. The zero-order valence-corrected chi connectivity index (χ0v) is 28.0. The molecule has 3 unspecified atom stereocenters. The van der Waals surface area contributed by atoms with Crippen molar-refractivity contribution in [2.75, 3.05) is 0 Å². The minimum atomic E-state index is -5.06. The highest BCUT2D eigenvalue weighted by atomic mass is 19.4. The molecule has 3 atom stereocenters. The highest BCUT2D eigenvalue weighted by Crippen LogP contribution is 2.64. The van der Waals surface area contributed by atoms with E-state index in [1.165, 1.54) is 32.3 Å². The molecule has 0 radical (unpaired) electrons.